The molecule has 35 heavy (non-hydrogen) atoms. The molecule has 0 aliphatic carbocycles. The van der Waals surface area contributed by atoms with E-state index in [-0.39, 0.29) is 4.90 Å². The Morgan fingerprint density at radius 1 is 0.914 bits per heavy atom. The van der Waals surface area contributed by atoms with Crippen molar-refractivity contribution < 1.29 is 18.0 Å². The van der Waals surface area contributed by atoms with Gasteiger partial charge in [0.25, 0.3) is 0 Å². The lowest BCUT2D eigenvalue weighted by Crippen LogP contribution is -2.40. The Labute approximate surface area is 204 Å². The lowest BCUT2D eigenvalue weighted by Gasteiger charge is -2.23. The molecule has 0 saturated heterocycles. The number of fused-ring (bicyclic) bond motifs is 3. The molecule has 7 heteroatoms. The first kappa shape index (κ1) is 23.1. The number of hydrogen-bond acceptors (Lipinski definition) is 4. The molecule has 3 aromatic carbocycles. The van der Waals surface area contributed by atoms with Gasteiger partial charge in [0.2, 0.25) is 11.8 Å². The van der Waals surface area contributed by atoms with Crippen LogP contribution in [0.25, 0.3) is 27.5 Å². The third-order valence-corrected chi connectivity index (χ3v) is 8.63. The fourth-order valence-corrected chi connectivity index (χ4v) is 6.81. The first-order chi connectivity index (χ1) is 16.7. The molecule has 0 N–H and O–H groups in total. The molecule has 5 rings (SSSR count). The van der Waals surface area contributed by atoms with Crippen LogP contribution in [-0.2, 0) is 26.0 Å². The van der Waals surface area contributed by atoms with Crippen molar-refractivity contribution >= 4 is 49.2 Å². The number of amides is 2. The van der Waals surface area contributed by atoms with Crippen molar-refractivity contribution in [2.24, 2.45) is 5.41 Å². The van der Waals surface area contributed by atoms with Crippen LogP contribution in [-0.4, -0.2) is 35.5 Å². The fraction of sp³-hybridized carbons (Fsp3) is 0.214. The van der Waals surface area contributed by atoms with Gasteiger partial charge in [-0.2, -0.15) is 0 Å². The number of aromatic nitrogens is 1. The summed E-state index contributed by atoms with van der Waals surface area (Å²) in [6, 6.07) is 22.1. The summed E-state index contributed by atoms with van der Waals surface area (Å²) in [5.41, 5.74) is 1.74. The minimum atomic E-state index is -3.86. The Balaban J connectivity index is 1.59. The van der Waals surface area contributed by atoms with Crippen LogP contribution in [0, 0.1) is 5.41 Å². The second-order valence-electron chi connectivity index (χ2n) is 9.17. The quantitative estimate of drug-likeness (QED) is 0.397. The molecule has 4 aromatic rings. The van der Waals surface area contributed by atoms with Gasteiger partial charge in [-0.1, -0.05) is 48.5 Å². The van der Waals surface area contributed by atoms with Crippen molar-refractivity contribution in [2.75, 3.05) is 5.75 Å². The molecule has 2 amide bonds. The average Bonchev–Trinajstić information content (AvgIpc) is 3.30. The van der Waals surface area contributed by atoms with Crippen LogP contribution < -0.4 is 0 Å². The van der Waals surface area contributed by atoms with Gasteiger partial charge in [0.05, 0.1) is 21.8 Å². The highest BCUT2D eigenvalue weighted by Crippen LogP contribution is 2.40. The summed E-state index contributed by atoms with van der Waals surface area (Å²) >= 11 is 0. The molecule has 0 spiro atoms. The molecule has 0 saturated carbocycles. The van der Waals surface area contributed by atoms with Crippen LogP contribution >= 0.6 is 0 Å². The van der Waals surface area contributed by atoms with E-state index < -0.39 is 32.8 Å². The summed E-state index contributed by atoms with van der Waals surface area (Å²) < 4.78 is 29.4. The molecule has 0 fully saturated rings. The first-order valence-electron chi connectivity index (χ1n) is 11.5. The molecule has 0 bridgehead atoms. The Bertz CT molecular complexity index is 1630. The van der Waals surface area contributed by atoms with E-state index in [0.717, 1.165) is 33.3 Å². The number of sulfone groups is 1. The van der Waals surface area contributed by atoms with Gasteiger partial charge in [-0.15, -0.1) is 0 Å². The van der Waals surface area contributed by atoms with Crippen molar-refractivity contribution in [3.05, 3.63) is 84.4 Å². The van der Waals surface area contributed by atoms with E-state index in [1.54, 1.807) is 37.3 Å². The lowest BCUT2D eigenvalue weighted by molar-refractivity contribution is -0.142. The monoisotopic (exact) mass is 486 g/mol. The van der Waals surface area contributed by atoms with E-state index in [2.05, 4.69) is 11.5 Å². The first-order valence-corrected chi connectivity index (χ1v) is 13.2. The zero-order valence-corrected chi connectivity index (χ0v) is 20.7. The maximum Gasteiger partial charge on any atom is 0.244 e. The number of carbonyl (C=O) groups excluding carboxylic acids is 2. The highest BCUT2D eigenvalue weighted by atomic mass is 32.2. The van der Waals surface area contributed by atoms with E-state index in [1.165, 1.54) is 6.92 Å². The number of imide groups is 1. The molecule has 1 aliphatic heterocycles. The second-order valence-corrected chi connectivity index (χ2v) is 11.2. The van der Waals surface area contributed by atoms with Crippen molar-refractivity contribution in [1.82, 2.24) is 9.47 Å². The van der Waals surface area contributed by atoms with E-state index in [9.17, 15) is 18.0 Å². The van der Waals surface area contributed by atoms with Gasteiger partial charge in [0.1, 0.15) is 0 Å². The van der Waals surface area contributed by atoms with Crippen LogP contribution in [0.5, 0.6) is 0 Å². The molecule has 1 unspecified atom stereocenters. The Morgan fingerprint density at radius 2 is 1.57 bits per heavy atom. The smallest absolute Gasteiger partial charge is 0.244 e. The summed E-state index contributed by atoms with van der Waals surface area (Å²) in [5, 5.41) is 1.84. The Kier molecular flexibility index (Phi) is 5.40. The summed E-state index contributed by atoms with van der Waals surface area (Å²) in [6.45, 7) is 5.71. The number of aryl methyl sites for hydroxylation is 1. The van der Waals surface area contributed by atoms with Gasteiger partial charge in [0.15, 0.2) is 9.84 Å². The van der Waals surface area contributed by atoms with Crippen LogP contribution in [0.15, 0.2) is 83.8 Å². The van der Waals surface area contributed by atoms with Crippen molar-refractivity contribution in [2.45, 2.75) is 32.2 Å². The molecule has 1 atom stereocenters. The molecule has 0 radical (unpaired) electrons. The van der Waals surface area contributed by atoms with Crippen molar-refractivity contribution in [3.63, 3.8) is 0 Å². The number of hydrogen-bond donors (Lipinski definition) is 0. The number of para-hydroxylation sites is 1. The van der Waals surface area contributed by atoms with Crippen LogP contribution in [0.2, 0.25) is 0 Å². The van der Waals surface area contributed by atoms with Gasteiger partial charge in [-0.25, -0.2) is 13.3 Å². The fourth-order valence-electron chi connectivity index (χ4n) is 5.08. The number of carbonyl (C=O) groups is 2. The zero-order chi connectivity index (χ0) is 25.0. The largest absolute Gasteiger partial charge is 0.341 e. The summed E-state index contributed by atoms with van der Waals surface area (Å²) in [5.74, 6) is -1.41. The van der Waals surface area contributed by atoms with Crippen LogP contribution in [0.3, 0.4) is 0 Å². The van der Waals surface area contributed by atoms with E-state index >= 15 is 0 Å². The molecule has 2 heterocycles. The summed E-state index contributed by atoms with van der Waals surface area (Å²) in [6.07, 6.45) is 1.62. The molecule has 6 nitrogen and oxygen atoms in total. The van der Waals surface area contributed by atoms with E-state index in [1.807, 2.05) is 48.5 Å². The third-order valence-electron chi connectivity index (χ3n) is 6.68. The predicted octanol–water partition coefficient (Wildman–Crippen LogP) is 5.02. The molecule has 178 valence electrons. The van der Waals surface area contributed by atoms with E-state index in [4.69, 9.17) is 0 Å². The van der Waals surface area contributed by atoms with E-state index in [0.29, 0.717) is 11.3 Å². The van der Waals surface area contributed by atoms with Gasteiger partial charge < -0.3 is 4.57 Å². The van der Waals surface area contributed by atoms with Crippen LogP contribution in [0.4, 0.5) is 0 Å². The Morgan fingerprint density at radius 3 is 2.26 bits per heavy atom. The standard InChI is InChI=1S/C28H26N2O4S/c1-4-29-24-13-9-8-12-22(24)23-16-21(14-15-25(23)29)35(33,34)18-28(3)17-26(20-10-6-5-7-11-20)30(19(2)31)27(28)32/h5-17H,4,18H2,1-3H3. The molecule has 1 aliphatic rings. The maximum absolute atomic E-state index is 13.6. The van der Waals surface area contributed by atoms with Gasteiger partial charge in [-0.3, -0.25) is 9.59 Å². The number of rotatable bonds is 5. The third kappa shape index (κ3) is 3.67. The minimum Gasteiger partial charge on any atom is -0.341 e. The number of benzene rings is 3. The SMILES string of the molecule is CCn1c2ccccc2c2cc(S(=O)(=O)CC3(C)C=C(c4ccccc4)N(C(C)=O)C3=O)ccc21. The average molecular weight is 487 g/mol. The highest BCUT2D eigenvalue weighted by Gasteiger charge is 2.47. The topological polar surface area (TPSA) is 76.5 Å². The van der Waals surface area contributed by atoms with Crippen LogP contribution in [0.1, 0.15) is 26.3 Å². The molecular weight excluding hydrogens is 460 g/mol. The highest BCUT2D eigenvalue weighted by molar-refractivity contribution is 7.91. The van der Waals surface area contributed by atoms with Gasteiger partial charge in [-0.05, 0) is 49.8 Å². The van der Waals surface area contributed by atoms with Gasteiger partial charge >= 0.3 is 0 Å². The predicted molar refractivity (Wildman–Crippen MR) is 137 cm³/mol. The molecular formula is C28H26N2O4S. The summed E-state index contributed by atoms with van der Waals surface area (Å²) in [7, 11) is -3.86. The summed E-state index contributed by atoms with van der Waals surface area (Å²) in [4.78, 5) is 27.0. The Hall–Kier alpha value is -3.71. The zero-order valence-electron chi connectivity index (χ0n) is 19.9. The van der Waals surface area contributed by atoms with Crippen molar-refractivity contribution in [3.8, 4) is 0 Å². The normalized spacial score (nSPS) is 18.4. The van der Waals surface area contributed by atoms with Crippen molar-refractivity contribution in [1.29, 1.82) is 0 Å². The maximum atomic E-state index is 13.6. The minimum absolute atomic E-state index is 0.161. The number of nitrogens with zero attached hydrogens (tertiary/aromatic N) is 2. The lowest BCUT2D eigenvalue weighted by atomic mass is 9.93. The molecule has 1 aromatic heterocycles. The van der Waals surface area contributed by atoms with Gasteiger partial charge in [0, 0.05) is 35.3 Å². The second kappa shape index (κ2) is 8.20.